The maximum atomic E-state index is 13.1. The van der Waals surface area contributed by atoms with Crippen LogP contribution in [-0.4, -0.2) is 17.3 Å². The van der Waals surface area contributed by atoms with E-state index in [4.69, 9.17) is 0 Å². The van der Waals surface area contributed by atoms with Crippen molar-refractivity contribution in [1.29, 1.82) is 0 Å². The number of hydrogen-bond acceptors (Lipinski definition) is 3. The van der Waals surface area contributed by atoms with Gasteiger partial charge in [0.05, 0.1) is 0 Å². The van der Waals surface area contributed by atoms with E-state index in [1.165, 1.54) is 0 Å². The fraction of sp³-hybridized carbons (Fsp3) is 0. The molecular formula is C45H30O3. The van der Waals surface area contributed by atoms with Gasteiger partial charge < -0.3 is 0 Å². The Balaban J connectivity index is 1.25. The SMILES string of the molecule is O=C(c1ccccc1)c1ccc(-c2cc(-c3ccc(C(=O)c4ccccc4)cc3)cc(-c3ccc(C(=O)c4ccccc4)cc3)c2)cc1. The third-order valence-electron chi connectivity index (χ3n) is 8.48. The van der Waals surface area contributed by atoms with Gasteiger partial charge in [0.2, 0.25) is 0 Å². The molecule has 3 heteroatoms. The monoisotopic (exact) mass is 618 g/mol. The molecule has 0 spiro atoms. The first-order valence-corrected chi connectivity index (χ1v) is 15.8. The molecule has 0 fully saturated rings. The third kappa shape index (κ3) is 6.44. The molecule has 3 nitrogen and oxygen atoms in total. The molecule has 0 N–H and O–H groups in total. The summed E-state index contributed by atoms with van der Waals surface area (Å²) in [7, 11) is 0. The maximum absolute atomic E-state index is 13.1. The van der Waals surface area contributed by atoms with Crippen molar-refractivity contribution in [1.82, 2.24) is 0 Å². The van der Waals surface area contributed by atoms with Gasteiger partial charge in [-0.3, -0.25) is 14.4 Å². The second-order valence-electron chi connectivity index (χ2n) is 11.6. The van der Waals surface area contributed by atoms with Gasteiger partial charge in [0.15, 0.2) is 17.3 Å². The van der Waals surface area contributed by atoms with Crippen molar-refractivity contribution in [3.63, 3.8) is 0 Å². The average molecular weight is 619 g/mol. The fourth-order valence-electron chi connectivity index (χ4n) is 5.84. The summed E-state index contributed by atoms with van der Waals surface area (Å²) in [6.45, 7) is 0. The van der Waals surface area contributed by atoms with Gasteiger partial charge in [0.1, 0.15) is 0 Å². The molecule has 0 heterocycles. The van der Waals surface area contributed by atoms with Crippen molar-refractivity contribution in [3.05, 3.63) is 215 Å². The molecule has 0 aliphatic heterocycles. The van der Waals surface area contributed by atoms with Crippen LogP contribution in [0, 0.1) is 0 Å². The summed E-state index contributed by atoms with van der Waals surface area (Å²) in [6, 6.07) is 57.2. The van der Waals surface area contributed by atoms with Gasteiger partial charge in [-0.1, -0.05) is 164 Å². The lowest BCUT2D eigenvalue weighted by Crippen LogP contribution is -2.01. The normalized spacial score (nSPS) is 10.8. The first-order chi connectivity index (χ1) is 23.5. The van der Waals surface area contributed by atoms with E-state index in [2.05, 4.69) is 18.2 Å². The van der Waals surface area contributed by atoms with Gasteiger partial charge in [-0.2, -0.15) is 0 Å². The van der Waals surface area contributed by atoms with Crippen LogP contribution in [0.2, 0.25) is 0 Å². The Morgan fingerprint density at radius 2 is 0.438 bits per heavy atom. The lowest BCUT2D eigenvalue weighted by Gasteiger charge is -2.13. The maximum Gasteiger partial charge on any atom is 0.193 e. The minimum atomic E-state index is -0.0214. The number of benzene rings is 7. The number of carbonyl (C=O) groups is 3. The van der Waals surface area contributed by atoms with Crippen molar-refractivity contribution in [2.45, 2.75) is 0 Å². The zero-order valence-corrected chi connectivity index (χ0v) is 26.0. The Morgan fingerprint density at radius 3 is 0.667 bits per heavy atom. The number of carbonyl (C=O) groups excluding carboxylic acids is 3. The van der Waals surface area contributed by atoms with Crippen LogP contribution >= 0.6 is 0 Å². The van der Waals surface area contributed by atoms with Crippen LogP contribution in [0.3, 0.4) is 0 Å². The molecule has 7 rings (SSSR count). The summed E-state index contributed by atoms with van der Waals surface area (Å²) in [5.41, 5.74) is 9.67. The molecule has 7 aromatic carbocycles. The van der Waals surface area contributed by atoms with E-state index in [-0.39, 0.29) is 17.3 Å². The summed E-state index contributed by atoms with van der Waals surface area (Å²) in [5.74, 6) is -0.0643. The first-order valence-electron chi connectivity index (χ1n) is 15.8. The predicted octanol–water partition coefficient (Wildman–Crippen LogP) is 10.4. The van der Waals surface area contributed by atoms with Gasteiger partial charge in [-0.05, 0) is 51.6 Å². The molecule has 0 aromatic heterocycles. The van der Waals surface area contributed by atoms with Gasteiger partial charge in [-0.25, -0.2) is 0 Å². The molecule has 0 saturated heterocycles. The molecule has 0 aliphatic rings. The highest BCUT2D eigenvalue weighted by Crippen LogP contribution is 2.34. The summed E-state index contributed by atoms with van der Waals surface area (Å²) in [6.07, 6.45) is 0. The van der Waals surface area contributed by atoms with E-state index in [0.717, 1.165) is 33.4 Å². The second-order valence-corrected chi connectivity index (χ2v) is 11.6. The number of hydrogen-bond donors (Lipinski definition) is 0. The number of rotatable bonds is 9. The highest BCUT2D eigenvalue weighted by Gasteiger charge is 2.14. The van der Waals surface area contributed by atoms with Crippen LogP contribution in [0.5, 0.6) is 0 Å². The highest BCUT2D eigenvalue weighted by molar-refractivity contribution is 6.10. The van der Waals surface area contributed by atoms with Gasteiger partial charge in [0.25, 0.3) is 0 Å². The van der Waals surface area contributed by atoms with Crippen LogP contribution in [-0.2, 0) is 0 Å². The lowest BCUT2D eigenvalue weighted by atomic mass is 9.91. The molecule has 0 amide bonds. The van der Waals surface area contributed by atoms with E-state index in [9.17, 15) is 14.4 Å². The zero-order chi connectivity index (χ0) is 32.9. The number of ketones is 3. The molecule has 0 unspecified atom stereocenters. The molecule has 7 aromatic rings. The van der Waals surface area contributed by atoms with Gasteiger partial charge in [0, 0.05) is 33.4 Å². The smallest absolute Gasteiger partial charge is 0.193 e. The Hall–Kier alpha value is -6.45. The molecule has 0 radical (unpaired) electrons. The van der Waals surface area contributed by atoms with E-state index in [0.29, 0.717) is 33.4 Å². The Morgan fingerprint density at radius 1 is 0.229 bits per heavy atom. The lowest BCUT2D eigenvalue weighted by molar-refractivity contribution is 0.103. The van der Waals surface area contributed by atoms with E-state index in [1.54, 1.807) is 0 Å². The van der Waals surface area contributed by atoms with E-state index >= 15 is 0 Å². The van der Waals surface area contributed by atoms with Crippen molar-refractivity contribution < 1.29 is 14.4 Å². The Labute approximate surface area is 279 Å². The molecule has 0 saturated carbocycles. The molecule has 0 aliphatic carbocycles. The van der Waals surface area contributed by atoms with Gasteiger partial charge >= 0.3 is 0 Å². The Bertz CT molecular complexity index is 1950. The largest absolute Gasteiger partial charge is 0.289 e. The Kier molecular flexibility index (Phi) is 8.50. The summed E-state index contributed by atoms with van der Waals surface area (Å²) >= 11 is 0. The second kappa shape index (κ2) is 13.5. The average Bonchev–Trinajstić information content (AvgIpc) is 3.18. The minimum absolute atomic E-state index is 0.0214. The topological polar surface area (TPSA) is 51.2 Å². The first kappa shape index (κ1) is 30.2. The molecule has 0 bridgehead atoms. The van der Waals surface area contributed by atoms with Crippen molar-refractivity contribution in [3.8, 4) is 33.4 Å². The van der Waals surface area contributed by atoms with E-state index in [1.807, 2.05) is 164 Å². The van der Waals surface area contributed by atoms with Crippen molar-refractivity contribution in [2.75, 3.05) is 0 Å². The van der Waals surface area contributed by atoms with Crippen molar-refractivity contribution >= 4 is 17.3 Å². The quantitative estimate of drug-likeness (QED) is 0.151. The molecular weight excluding hydrogens is 588 g/mol. The van der Waals surface area contributed by atoms with Crippen LogP contribution < -0.4 is 0 Å². The summed E-state index contributed by atoms with van der Waals surface area (Å²) < 4.78 is 0. The van der Waals surface area contributed by atoms with Crippen LogP contribution in [0.25, 0.3) is 33.4 Å². The zero-order valence-electron chi connectivity index (χ0n) is 26.0. The predicted molar refractivity (Wildman–Crippen MR) is 192 cm³/mol. The van der Waals surface area contributed by atoms with E-state index < -0.39 is 0 Å². The van der Waals surface area contributed by atoms with Crippen LogP contribution in [0.1, 0.15) is 47.8 Å². The molecule has 0 atom stereocenters. The molecule has 228 valence electrons. The minimum Gasteiger partial charge on any atom is -0.289 e. The standard InChI is InChI=1S/C45H30O3/c46-43(34-10-4-1-5-11-34)37-22-16-31(17-23-37)40-28-41(32-18-24-38(25-19-32)44(47)35-12-6-2-7-13-35)30-42(29-40)33-20-26-39(27-21-33)45(48)36-14-8-3-9-15-36/h1-30H. The van der Waals surface area contributed by atoms with Crippen LogP contribution in [0.4, 0.5) is 0 Å². The van der Waals surface area contributed by atoms with Crippen LogP contribution in [0.15, 0.2) is 182 Å². The summed E-state index contributed by atoms with van der Waals surface area (Å²) in [5, 5.41) is 0. The highest BCUT2D eigenvalue weighted by atomic mass is 16.1. The fourth-order valence-corrected chi connectivity index (χ4v) is 5.84. The summed E-state index contributed by atoms with van der Waals surface area (Å²) in [4.78, 5) is 39.2. The van der Waals surface area contributed by atoms with Crippen molar-refractivity contribution in [2.24, 2.45) is 0 Å². The van der Waals surface area contributed by atoms with Gasteiger partial charge in [-0.15, -0.1) is 0 Å². The molecule has 48 heavy (non-hydrogen) atoms. The third-order valence-corrected chi connectivity index (χ3v) is 8.48.